The molecule has 0 saturated heterocycles. The molecule has 0 aliphatic rings. The number of aryl methyl sites for hydroxylation is 1. The minimum Gasteiger partial charge on any atom is -0.300 e. The Bertz CT molecular complexity index is 603. The predicted octanol–water partition coefficient (Wildman–Crippen LogP) is 3.00. The first kappa shape index (κ1) is 12.8. The molecule has 0 aliphatic heterocycles. The number of ketones is 1. The van der Waals surface area contributed by atoms with Crippen molar-refractivity contribution in [3.63, 3.8) is 0 Å². The van der Waals surface area contributed by atoms with Crippen LogP contribution in [-0.4, -0.2) is 15.6 Å². The predicted molar refractivity (Wildman–Crippen MR) is 73.8 cm³/mol. The van der Waals surface area contributed by atoms with Crippen LogP contribution in [0.15, 0.2) is 18.2 Å². The highest BCUT2D eigenvalue weighted by Gasteiger charge is 2.17. The molecule has 1 aromatic heterocycles. The van der Waals surface area contributed by atoms with E-state index < -0.39 is 0 Å². The van der Waals surface area contributed by atoms with Gasteiger partial charge in [-0.25, -0.2) is 0 Å². The van der Waals surface area contributed by atoms with Crippen LogP contribution in [0, 0.1) is 0 Å². The Morgan fingerprint density at radius 2 is 2.00 bits per heavy atom. The Hall–Kier alpha value is -1.64. The summed E-state index contributed by atoms with van der Waals surface area (Å²) in [5.74, 6) is 0.168. The molecule has 0 bridgehead atoms. The van der Waals surface area contributed by atoms with Crippen LogP contribution in [0.25, 0.3) is 10.9 Å². The molecular weight excluding hydrogens is 224 g/mol. The van der Waals surface area contributed by atoms with Crippen molar-refractivity contribution < 1.29 is 4.79 Å². The van der Waals surface area contributed by atoms with Gasteiger partial charge in [-0.3, -0.25) is 9.48 Å². The van der Waals surface area contributed by atoms with E-state index in [-0.39, 0.29) is 11.2 Å². The summed E-state index contributed by atoms with van der Waals surface area (Å²) < 4.78 is 1.82. The third-order valence-electron chi connectivity index (χ3n) is 3.24. The average molecular weight is 244 g/mol. The summed E-state index contributed by atoms with van der Waals surface area (Å²) in [6.07, 6.45) is 0.445. The number of nitrogens with zero attached hydrogens (tertiary/aromatic N) is 2. The van der Waals surface area contributed by atoms with Gasteiger partial charge in [0.25, 0.3) is 0 Å². The number of hydrogen-bond donors (Lipinski definition) is 0. The summed E-state index contributed by atoms with van der Waals surface area (Å²) >= 11 is 0. The van der Waals surface area contributed by atoms with Gasteiger partial charge in [-0.05, 0) is 30.0 Å². The topological polar surface area (TPSA) is 34.9 Å². The highest BCUT2D eigenvalue weighted by atomic mass is 16.1. The van der Waals surface area contributed by atoms with Gasteiger partial charge >= 0.3 is 0 Å². The van der Waals surface area contributed by atoms with Crippen molar-refractivity contribution in [1.29, 1.82) is 0 Å². The molecule has 0 saturated carbocycles. The zero-order valence-corrected chi connectivity index (χ0v) is 11.7. The van der Waals surface area contributed by atoms with Crippen molar-refractivity contribution in [3.8, 4) is 0 Å². The van der Waals surface area contributed by atoms with E-state index in [2.05, 4.69) is 38.0 Å². The van der Waals surface area contributed by atoms with Crippen LogP contribution >= 0.6 is 0 Å². The van der Waals surface area contributed by atoms with Gasteiger partial charge in [-0.1, -0.05) is 26.8 Å². The van der Waals surface area contributed by atoms with E-state index in [1.807, 2.05) is 17.8 Å². The maximum Gasteiger partial charge on any atom is 0.135 e. The number of Topliss-reactive ketones (excluding diaryl/α,β-unsaturated/α-hetero) is 1. The number of benzene rings is 1. The fraction of sp³-hybridized carbons (Fsp3) is 0.467. The van der Waals surface area contributed by atoms with E-state index >= 15 is 0 Å². The van der Waals surface area contributed by atoms with Crippen LogP contribution in [0.4, 0.5) is 0 Å². The second kappa shape index (κ2) is 4.23. The minimum absolute atomic E-state index is 0.109. The maximum absolute atomic E-state index is 11.3. The molecule has 96 valence electrons. The third-order valence-corrected chi connectivity index (χ3v) is 3.24. The first-order valence-corrected chi connectivity index (χ1v) is 6.24. The van der Waals surface area contributed by atoms with Crippen LogP contribution < -0.4 is 0 Å². The lowest BCUT2D eigenvalue weighted by atomic mass is 9.86. The summed E-state index contributed by atoms with van der Waals surface area (Å²) in [5, 5.41) is 5.55. The Balaban J connectivity index is 2.63. The van der Waals surface area contributed by atoms with E-state index in [4.69, 9.17) is 0 Å². The molecular formula is C15H20N2O. The fourth-order valence-electron chi connectivity index (χ4n) is 2.16. The van der Waals surface area contributed by atoms with Crippen LogP contribution in [0.3, 0.4) is 0 Å². The van der Waals surface area contributed by atoms with Gasteiger partial charge in [-0.2, -0.15) is 5.10 Å². The zero-order chi connectivity index (χ0) is 13.5. The average Bonchev–Trinajstić information content (AvgIpc) is 2.53. The van der Waals surface area contributed by atoms with Crippen molar-refractivity contribution in [1.82, 2.24) is 9.78 Å². The number of carbonyl (C=O) groups excluding carboxylic acids is 1. The van der Waals surface area contributed by atoms with Crippen molar-refractivity contribution in [2.75, 3.05) is 0 Å². The maximum atomic E-state index is 11.3. The summed E-state index contributed by atoms with van der Waals surface area (Å²) in [5.41, 5.74) is 3.34. The zero-order valence-electron chi connectivity index (χ0n) is 11.7. The summed E-state index contributed by atoms with van der Waals surface area (Å²) in [7, 11) is 1.90. The summed E-state index contributed by atoms with van der Waals surface area (Å²) in [4.78, 5) is 11.3. The minimum atomic E-state index is 0.109. The van der Waals surface area contributed by atoms with E-state index in [1.165, 1.54) is 5.56 Å². The molecule has 3 heteroatoms. The monoisotopic (exact) mass is 244 g/mol. The van der Waals surface area contributed by atoms with Crippen LogP contribution in [0.1, 0.15) is 39.0 Å². The number of carbonyl (C=O) groups is 1. The Morgan fingerprint density at radius 3 is 2.56 bits per heavy atom. The molecule has 3 nitrogen and oxygen atoms in total. The summed E-state index contributed by atoms with van der Waals surface area (Å²) in [6, 6.07) is 6.33. The Kier molecular flexibility index (Phi) is 3.01. The fourth-order valence-corrected chi connectivity index (χ4v) is 2.16. The second-order valence-corrected chi connectivity index (χ2v) is 5.93. The van der Waals surface area contributed by atoms with Gasteiger partial charge in [0, 0.05) is 18.9 Å². The van der Waals surface area contributed by atoms with Gasteiger partial charge in [-0.15, -0.1) is 0 Å². The molecule has 1 heterocycles. The molecule has 0 amide bonds. The summed E-state index contributed by atoms with van der Waals surface area (Å²) in [6.45, 7) is 8.19. The highest BCUT2D eigenvalue weighted by molar-refractivity contribution is 5.88. The van der Waals surface area contributed by atoms with Crippen LogP contribution in [0.2, 0.25) is 0 Å². The van der Waals surface area contributed by atoms with Crippen LogP contribution in [0.5, 0.6) is 0 Å². The lowest BCUT2D eigenvalue weighted by Crippen LogP contribution is -2.10. The third kappa shape index (κ3) is 2.30. The first-order valence-electron chi connectivity index (χ1n) is 6.24. The van der Waals surface area contributed by atoms with Gasteiger partial charge in [0.15, 0.2) is 0 Å². The molecule has 2 aromatic rings. The molecule has 0 fully saturated rings. The molecule has 1 aromatic carbocycles. The molecule has 18 heavy (non-hydrogen) atoms. The number of aromatic nitrogens is 2. The number of hydrogen-bond acceptors (Lipinski definition) is 2. The molecule has 2 rings (SSSR count). The first-order chi connectivity index (χ1) is 8.29. The molecule has 0 spiro atoms. The largest absolute Gasteiger partial charge is 0.300 e. The van der Waals surface area contributed by atoms with E-state index in [0.29, 0.717) is 6.42 Å². The molecule has 0 radical (unpaired) electrons. The van der Waals surface area contributed by atoms with Gasteiger partial charge in [0.05, 0.1) is 11.2 Å². The highest BCUT2D eigenvalue weighted by Crippen LogP contribution is 2.27. The molecule has 0 atom stereocenters. The Labute approximate surface area is 108 Å². The number of rotatable bonds is 2. The lowest BCUT2D eigenvalue weighted by Gasteiger charge is -2.18. The standard InChI is InChI=1S/C15H20N2O/c1-10(18)8-14-12-9-11(15(2,3)4)6-7-13(12)16-17(14)5/h6-7,9H,8H2,1-5H3. The van der Waals surface area contributed by atoms with Gasteiger partial charge in [0.1, 0.15) is 5.78 Å². The van der Waals surface area contributed by atoms with E-state index in [9.17, 15) is 4.79 Å². The normalized spacial score (nSPS) is 12.1. The SMILES string of the molecule is CC(=O)Cc1c2cc(C(C)(C)C)ccc2nn1C. The van der Waals surface area contributed by atoms with Crippen LogP contribution in [-0.2, 0) is 23.7 Å². The van der Waals surface area contributed by atoms with E-state index in [0.717, 1.165) is 16.6 Å². The number of fused-ring (bicyclic) bond motifs is 1. The molecule has 0 aliphatic carbocycles. The molecule has 0 unspecified atom stereocenters. The van der Waals surface area contributed by atoms with Crippen molar-refractivity contribution in [2.45, 2.75) is 39.5 Å². The lowest BCUT2D eigenvalue weighted by molar-refractivity contribution is -0.116. The quantitative estimate of drug-likeness (QED) is 0.814. The van der Waals surface area contributed by atoms with Gasteiger partial charge in [0.2, 0.25) is 0 Å². The smallest absolute Gasteiger partial charge is 0.135 e. The van der Waals surface area contributed by atoms with Crippen molar-refractivity contribution in [3.05, 3.63) is 29.5 Å². The van der Waals surface area contributed by atoms with E-state index in [1.54, 1.807) is 6.92 Å². The Morgan fingerprint density at radius 1 is 1.33 bits per heavy atom. The van der Waals surface area contributed by atoms with Crippen molar-refractivity contribution >= 4 is 16.7 Å². The van der Waals surface area contributed by atoms with Gasteiger partial charge < -0.3 is 0 Å². The second-order valence-electron chi connectivity index (χ2n) is 5.93. The molecule has 0 N–H and O–H groups in total. The van der Waals surface area contributed by atoms with Crippen molar-refractivity contribution in [2.24, 2.45) is 7.05 Å².